The van der Waals surface area contributed by atoms with E-state index in [1.165, 1.54) is 6.20 Å². The molecular formula is C10H16N4O2. The molecule has 0 spiro atoms. The molecule has 6 nitrogen and oxygen atoms in total. The molecule has 6 heteroatoms. The standard InChI is InChI=1S/C10H16N4O2/c1-2-14-9(8(11)5-12-14)10(16)13-4-3-7(15)6-13/h5,7,15H,2-4,6,11H2,1H3/t7-/m1/s1. The lowest BCUT2D eigenvalue weighted by Gasteiger charge is -2.16. The SMILES string of the molecule is CCn1ncc(N)c1C(=O)N1CC[C@@H](O)C1. The summed E-state index contributed by atoms with van der Waals surface area (Å²) in [4.78, 5) is 13.7. The molecule has 1 saturated heterocycles. The number of rotatable bonds is 2. The van der Waals surface area contributed by atoms with Gasteiger partial charge >= 0.3 is 0 Å². The Morgan fingerprint density at radius 3 is 3.06 bits per heavy atom. The van der Waals surface area contributed by atoms with Crippen LogP contribution in [0.15, 0.2) is 6.20 Å². The maximum Gasteiger partial charge on any atom is 0.274 e. The van der Waals surface area contributed by atoms with Crippen molar-refractivity contribution in [3.05, 3.63) is 11.9 Å². The highest BCUT2D eigenvalue weighted by molar-refractivity contribution is 5.97. The van der Waals surface area contributed by atoms with Crippen LogP contribution in [0.1, 0.15) is 23.8 Å². The lowest BCUT2D eigenvalue weighted by atomic mass is 10.3. The highest BCUT2D eigenvalue weighted by Crippen LogP contribution is 2.17. The van der Waals surface area contributed by atoms with Gasteiger partial charge in [-0.3, -0.25) is 9.48 Å². The van der Waals surface area contributed by atoms with E-state index in [4.69, 9.17) is 5.73 Å². The zero-order valence-electron chi connectivity index (χ0n) is 9.26. The molecule has 1 amide bonds. The second kappa shape index (κ2) is 4.13. The van der Waals surface area contributed by atoms with Crippen LogP contribution in [0.3, 0.4) is 0 Å². The van der Waals surface area contributed by atoms with Crippen molar-refractivity contribution < 1.29 is 9.90 Å². The highest BCUT2D eigenvalue weighted by atomic mass is 16.3. The van der Waals surface area contributed by atoms with Crippen LogP contribution < -0.4 is 5.73 Å². The molecule has 0 radical (unpaired) electrons. The first kappa shape index (κ1) is 10.9. The Morgan fingerprint density at radius 2 is 2.50 bits per heavy atom. The maximum atomic E-state index is 12.1. The summed E-state index contributed by atoms with van der Waals surface area (Å²) >= 11 is 0. The zero-order valence-corrected chi connectivity index (χ0v) is 9.26. The van der Waals surface area contributed by atoms with Gasteiger partial charge in [-0.1, -0.05) is 0 Å². The van der Waals surface area contributed by atoms with Crippen LogP contribution in [-0.4, -0.2) is 44.9 Å². The monoisotopic (exact) mass is 224 g/mol. The van der Waals surface area contributed by atoms with Gasteiger partial charge in [0.2, 0.25) is 0 Å². The Morgan fingerprint density at radius 1 is 1.75 bits per heavy atom. The summed E-state index contributed by atoms with van der Waals surface area (Å²) in [5, 5.41) is 13.4. The van der Waals surface area contributed by atoms with E-state index < -0.39 is 6.10 Å². The molecule has 0 unspecified atom stereocenters. The molecule has 3 N–H and O–H groups in total. The van der Waals surface area contributed by atoms with Gasteiger partial charge < -0.3 is 15.7 Å². The smallest absolute Gasteiger partial charge is 0.274 e. The summed E-state index contributed by atoms with van der Waals surface area (Å²) in [6, 6.07) is 0. The number of β-amino-alcohol motifs (C(OH)–C–C–N with tert-alkyl or cyclic N) is 1. The quantitative estimate of drug-likeness (QED) is 0.721. The summed E-state index contributed by atoms with van der Waals surface area (Å²) in [6.45, 7) is 3.47. The number of amides is 1. The molecule has 0 aliphatic carbocycles. The Balaban J connectivity index is 2.23. The van der Waals surface area contributed by atoms with E-state index in [1.807, 2.05) is 6.92 Å². The minimum Gasteiger partial charge on any atom is -0.396 e. The van der Waals surface area contributed by atoms with E-state index in [0.29, 0.717) is 37.4 Å². The normalized spacial score (nSPS) is 20.4. The number of anilines is 1. The van der Waals surface area contributed by atoms with Crippen LogP contribution in [0.25, 0.3) is 0 Å². The van der Waals surface area contributed by atoms with Crippen LogP contribution in [0, 0.1) is 0 Å². The maximum absolute atomic E-state index is 12.1. The van der Waals surface area contributed by atoms with Crippen LogP contribution in [0.2, 0.25) is 0 Å². The van der Waals surface area contributed by atoms with Crippen LogP contribution in [-0.2, 0) is 6.54 Å². The number of nitrogens with two attached hydrogens (primary N) is 1. The van der Waals surface area contributed by atoms with Crippen molar-refractivity contribution in [2.45, 2.75) is 26.0 Å². The Labute approximate surface area is 93.6 Å². The van der Waals surface area contributed by atoms with Gasteiger partial charge in [0.05, 0.1) is 18.0 Å². The molecule has 1 atom stereocenters. The number of hydrogen-bond donors (Lipinski definition) is 2. The van der Waals surface area contributed by atoms with Gasteiger partial charge in [-0.25, -0.2) is 0 Å². The van der Waals surface area contributed by atoms with Gasteiger partial charge in [-0.2, -0.15) is 5.10 Å². The van der Waals surface area contributed by atoms with Crippen molar-refractivity contribution in [2.24, 2.45) is 0 Å². The summed E-state index contributed by atoms with van der Waals surface area (Å²) in [6.07, 6.45) is 1.71. The number of nitrogens with zero attached hydrogens (tertiary/aromatic N) is 3. The van der Waals surface area contributed by atoms with Crippen LogP contribution in [0.4, 0.5) is 5.69 Å². The second-order valence-electron chi connectivity index (χ2n) is 3.96. The van der Waals surface area contributed by atoms with E-state index in [1.54, 1.807) is 9.58 Å². The Hall–Kier alpha value is -1.56. The lowest BCUT2D eigenvalue weighted by Crippen LogP contribution is -2.32. The molecular weight excluding hydrogens is 208 g/mol. The van der Waals surface area contributed by atoms with Crippen molar-refractivity contribution in [3.63, 3.8) is 0 Å². The average Bonchev–Trinajstić information content (AvgIpc) is 2.83. The van der Waals surface area contributed by atoms with Crippen molar-refractivity contribution in [1.29, 1.82) is 0 Å². The molecule has 2 rings (SSSR count). The minimum atomic E-state index is -0.414. The molecule has 1 aromatic heterocycles. The lowest BCUT2D eigenvalue weighted by molar-refractivity contribution is 0.0754. The van der Waals surface area contributed by atoms with Crippen molar-refractivity contribution >= 4 is 11.6 Å². The average molecular weight is 224 g/mol. The topological polar surface area (TPSA) is 84.4 Å². The first-order valence-corrected chi connectivity index (χ1v) is 5.42. The van der Waals surface area contributed by atoms with E-state index in [2.05, 4.69) is 5.10 Å². The fraction of sp³-hybridized carbons (Fsp3) is 0.600. The van der Waals surface area contributed by atoms with Gasteiger partial charge in [0, 0.05) is 19.6 Å². The van der Waals surface area contributed by atoms with Gasteiger partial charge in [0.1, 0.15) is 5.69 Å². The fourth-order valence-electron chi connectivity index (χ4n) is 1.95. The predicted octanol–water partition coefficient (Wildman–Crippen LogP) is -0.308. The third-order valence-corrected chi connectivity index (χ3v) is 2.82. The number of aliphatic hydroxyl groups is 1. The van der Waals surface area contributed by atoms with Crippen molar-refractivity contribution in [2.75, 3.05) is 18.8 Å². The number of aliphatic hydroxyl groups excluding tert-OH is 1. The predicted molar refractivity (Wildman–Crippen MR) is 58.8 cm³/mol. The first-order chi connectivity index (χ1) is 7.63. The van der Waals surface area contributed by atoms with Crippen molar-refractivity contribution in [1.82, 2.24) is 14.7 Å². The van der Waals surface area contributed by atoms with E-state index in [0.717, 1.165) is 0 Å². The Bertz CT molecular complexity index is 402. The number of aromatic nitrogens is 2. The molecule has 0 bridgehead atoms. The molecule has 1 aliphatic heterocycles. The van der Waals surface area contributed by atoms with E-state index in [-0.39, 0.29) is 5.91 Å². The summed E-state index contributed by atoms with van der Waals surface area (Å²) in [7, 11) is 0. The van der Waals surface area contributed by atoms with Gasteiger partial charge in [-0.15, -0.1) is 0 Å². The number of hydrogen-bond acceptors (Lipinski definition) is 4. The number of carbonyl (C=O) groups is 1. The third kappa shape index (κ3) is 1.76. The Kier molecular flexibility index (Phi) is 2.82. The molecule has 1 aliphatic rings. The molecule has 16 heavy (non-hydrogen) atoms. The van der Waals surface area contributed by atoms with Gasteiger partial charge in [-0.05, 0) is 13.3 Å². The third-order valence-electron chi connectivity index (χ3n) is 2.82. The molecule has 88 valence electrons. The number of likely N-dealkylation sites (tertiary alicyclic amines) is 1. The van der Waals surface area contributed by atoms with Gasteiger partial charge in [0.25, 0.3) is 5.91 Å². The molecule has 0 aromatic carbocycles. The summed E-state index contributed by atoms with van der Waals surface area (Å²) in [5.41, 5.74) is 6.55. The van der Waals surface area contributed by atoms with Gasteiger partial charge in [0.15, 0.2) is 0 Å². The molecule has 2 heterocycles. The number of aryl methyl sites for hydroxylation is 1. The highest BCUT2D eigenvalue weighted by Gasteiger charge is 2.28. The van der Waals surface area contributed by atoms with Crippen LogP contribution >= 0.6 is 0 Å². The summed E-state index contributed by atoms with van der Waals surface area (Å²) < 4.78 is 1.59. The zero-order chi connectivity index (χ0) is 11.7. The molecule has 0 saturated carbocycles. The summed E-state index contributed by atoms with van der Waals surface area (Å²) in [5.74, 6) is -0.145. The van der Waals surface area contributed by atoms with E-state index >= 15 is 0 Å². The molecule has 1 aromatic rings. The van der Waals surface area contributed by atoms with E-state index in [9.17, 15) is 9.90 Å². The second-order valence-corrected chi connectivity index (χ2v) is 3.96. The first-order valence-electron chi connectivity index (χ1n) is 5.42. The fourth-order valence-corrected chi connectivity index (χ4v) is 1.95. The number of nitrogen functional groups attached to an aromatic ring is 1. The molecule has 1 fully saturated rings. The van der Waals surface area contributed by atoms with Crippen LogP contribution in [0.5, 0.6) is 0 Å². The number of carbonyl (C=O) groups excluding carboxylic acids is 1. The largest absolute Gasteiger partial charge is 0.396 e. The van der Waals surface area contributed by atoms with Crippen molar-refractivity contribution in [3.8, 4) is 0 Å². The minimum absolute atomic E-state index is 0.145.